The van der Waals surface area contributed by atoms with Crippen LogP contribution in [0.1, 0.15) is 6.92 Å². The maximum Gasteiger partial charge on any atom is 0.189 e. The van der Waals surface area contributed by atoms with Crippen LogP contribution in [0.15, 0.2) is 0 Å². The fourth-order valence-electron chi connectivity index (χ4n) is 1.38. The van der Waals surface area contributed by atoms with E-state index in [1.807, 2.05) is 0 Å². The van der Waals surface area contributed by atoms with E-state index in [0.717, 1.165) is 11.5 Å². The van der Waals surface area contributed by atoms with E-state index in [2.05, 4.69) is 67.5 Å². The van der Waals surface area contributed by atoms with E-state index in [0.29, 0.717) is 8.66 Å². The summed E-state index contributed by atoms with van der Waals surface area (Å²) >= 11 is 16.5. The van der Waals surface area contributed by atoms with Crippen LogP contribution in [-0.4, -0.2) is 43.2 Å². The molecule has 0 aromatic carbocycles. The van der Waals surface area contributed by atoms with E-state index in [4.69, 9.17) is 0 Å². The van der Waals surface area contributed by atoms with Crippen LogP contribution in [0.5, 0.6) is 0 Å². The molecule has 0 nitrogen and oxygen atoms in total. The van der Waals surface area contributed by atoms with Gasteiger partial charge in [-0.05, 0) is 30.2 Å². The molecule has 0 radical (unpaired) electrons. The van der Waals surface area contributed by atoms with Crippen molar-refractivity contribution >= 4 is 72.3 Å². The Labute approximate surface area is 121 Å². The molecular formula is C9H19S6+. The lowest BCUT2D eigenvalue weighted by atomic mass is 10.5. The van der Waals surface area contributed by atoms with Crippen LogP contribution in [0.25, 0.3) is 0 Å². The average molecular weight is 320 g/mol. The minimum absolute atomic E-state index is 0.460. The van der Waals surface area contributed by atoms with Gasteiger partial charge in [-0.3, -0.25) is 0 Å². The molecule has 0 N–H and O–H groups in total. The highest BCUT2D eigenvalue weighted by Crippen LogP contribution is 2.46. The van der Waals surface area contributed by atoms with Gasteiger partial charge in [0, 0.05) is 17.3 Å². The Bertz CT molecular complexity index is 160. The van der Waals surface area contributed by atoms with Gasteiger partial charge >= 0.3 is 0 Å². The maximum atomic E-state index is 4.30. The molecule has 15 heavy (non-hydrogen) atoms. The van der Waals surface area contributed by atoms with Gasteiger partial charge in [0.05, 0.1) is 0 Å². The van der Waals surface area contributed by atoms with Crippen molar-refractivity contribution < 1.29 is 0 Å². The number of rotatable bonds is 7. The summed E-state index contributed by atoms with van der Waals surface area (Å²) in [4.78, 5) is 0. The number of thiol groups is 3. The van der Waals surface area contributed by atoms with E-state index < -0.39 is 0 Å². The Kier molecular flexibility index (Phi) is 8.33. The molecule has 1 saturated heterocycles. The van der Waals surface area contributed by atoms with Gasteiger partial charge in [-0.2, -0.15) is 25.3 Å². The van der Waals surface area contributed by atoms with Crippen LogP contribution < -0.4 is 0 Å². The Morgan fingerprint density at radius 2 is 1.93 bits per heavy atom. The highest BCUT2D eigenvalue weighted by atomic mass is 32.2. The SMILES string of the molecule is CC1(C(SCCS)SCCS)SCC[SH+]1. The van der Waals surface area contributed by atoms with Gasteiger partial charge in [-0.15, -0.1) is 23.5 Å². The third-order valence-electron chi connectivity index (χ3n) is 2.07. The van der Waals surface area contributed by atoms with E-state index in [1.165, 1.54) is 23.0 Å². The molecule has 1 heterocycles. The lowest BCUT2D eigenvalue weighted by Gasteiger charge is -2.25. The van der Waals surface area contributed by atoms with Crippen LogP contribution in [0, 0.1) is 0 Å². The van der Waals surface area contributed by atoms with Crippen molar-refractivity contribution in [3.8, 4) is 0 Å². The molecule has 1 atom stereocenters. The first-order valence-electron chi connectivity index (χ1n) is 5.00. The highest BCUT2D eigenvalue weighted by Gasteiger charge is 2.46. The van der Waals surface area contributed by atoms with Crippen LogP contribution in [0.3, 0.4) is 0 Å². The van der Waals surface area contributed by atoms with Crippen LogP contribution >= 0.6 is 60.5 Å². The first-order valence-corrected chi connectivity index (χ1v) is 10.4. The second-order valence-corrected chi connectivity index (χ2v) is 10.5. The van der Waals surface area contributed by atoms with Crippen LogP contribution in [0.4, 0.5) is 0 Å². The predicted octanol–water partition coefficient (Wildman–Crippen LogP) is 2.92. The third-order valence-corrected chi connectivity index (χ3v) is 10.7. The van der Waals surface area contributed by atoms with E-state index >= 15 is 0 Å². The molecule has 6 heteroatoms. The van der Waals surface area contributed by atoms with Gasteiger partial charge < -0.3 is 0 Å². The first kappa shape index (κ1) is 15.2. The molecule has 1 rings (SSSR count). The van der Waals surface area contributed by atoms with Crippen LogP contribution in [-0.2, 0) is 11.8 Å². The molecule has 90 valence electrons. The summed E-state index contributed by atoms with van der Waals surface area (Å²) in [6, 6.07) is 0. The minimum Gasteiger partial charge on any atom is -0.179 e. The van der Waals surface area contributed by atoms with Crippen molar-refractivity contribution in [3.63, 3.8) is 0 Å². The molecule has 0 aliphatic carbocycles. The van der Waals surface area contributed by atoms with Crippen molar-refractivity contribution in [3.05, 3.63) is 0 Å². The molecule has 0 saturated carbocycles. The molecule has 1 unspecified atom stereocenters. The molecule has 1 fully saturated rings. The van der Waals surface area contributed by atoms with Crippen LogP contribution in [0.2, 0.25) is 0 Å². The zero-order chi connectivity index (χ0) is 11.1. The standard InChI is InChI=1S/C9H18S6/c1-9(14-6-7-15-9)8(12-4-2-10)13-5-3-11/h8,10-11H,2-7H2,1H3/p+1. The quantitative estimate of drug-likeness (QED) is 0.421. The molecule has 1 aliphatic rings. The Morgan fingerprint density at radius 3 is 2.33 bits per heavy atom. The Balaban J connectivity index is 2.45. The lowest BCUT2D eigenvalue weighted by molar-refractivity contribution is 1.01. The maximum absolute atomic E-state index is 4.30. The molecule has 0 bridgehead atoms. The zero-order valence-electron chi connectivity index (χ0n) is 8.89. The van der Waals surface area contributed by atoms with E-state index in [-0.39, 0.29) is 0 Å². The monoisotopic (exact) mass is 319 g/mol. The first-order chi connectivity index (χ1) is 7.23. The second-order valence-electron chi connectivity index (χ2n) is 3.31. The van der Waals surface area contributed by atoms with Gasteiger partial charge in [0.15, 0.2) is 4.08 Å². The molecular weight excluding hydrogens is 301 g/mol. The molecule has 1 aliphatic heterocycles. The molecule has 0 aromatic heterocycles. The Morgan fingerprint density at radius 1 is 1.33 bits per heavy atom. The van der Waals surface area contributed by atoms with Crippen molar-refractivity contribution in [1.29, 1.82) is 0 Å². The Hall–Kier alpha value is 2.10. The summed E-state index contributed by atoms with van der Waals surface area (Å²) in [5.41, 5.74) is 0. The van der Waals surface area contributed by atoms with Crippen molar-refractivity contribution in [2.24, 2.45) is 0 Å². The van der Waals surface area contributed by atoms with E-state index in [1.54, 1.807) is 11.8 Å². The van der Waals surface area contributed by atoms with Crippen molar-refractivity contribution in [1.82, 2.24) is 0 Å². The number of hydrogen-bond acceptors (Lipinski definition) is 5. The summed E-state index contributed by atoms with van der Waals surface area (Å²) in [5, 5.41) is 0. The summed E-state index contributed by atoms with van der Waals surface area (Å²) in [6.45, 7) is 2.42. The largest absolute Gasteiger partial charge is 0.189 e. The minimum atomic E-state index is 0.460. The normalized spacial score (nSPS) is 26.4. The predicted molar refractivity (Wildman–Crippen MR) is 90.9 cm³/mol. The second kappa shape index (κ2) is 8.25. The van der Waals surface area contributed by atoms with E-state index in [9.17, 15) is 0 Å². The summed E-state index contributed by atoms with van der Waals surface area (Å²) in [6.07, 6.45) is 0. The summed E-state index contributed by atoms with van der Waals surface area (Å²) in [7, 11) is 0. The number of hydrogen-bond donors (Lipinski definition) is 2. The van der Waals surface area contributed by atoms with Gasteiger partial charge in [-0.25, -0.2) is 0 Å². The summed E-state index contributed by atoms with van der Waals surface area (Å²) < 4.78 is 1.17. The van der Waals surface area contributed by atoms with Crippen molar-refractivity contribution in [2.45, 2.75) is 15.6 Å². The molecule has 0 amide bonds. The van der Waals surface area contributed by atoms with Gasteiger partial charge in [0.25, 0.3) is 0 Å². The lowest BCUT2D eigenvalue weighted by Crippen LogP contribution is -2.31. The fraction of sp³-hybridized carbons (Fsp3) is 1.00. The molecule has 0 spiro atoms. The molecule has 0 aromatic rings. The smallest absolute Gasteiger partial charge is 0.179 e. The zero-order valence-corrected chi connectivity index (χ0v) is 14.0. The fourth-order valence-corrected chi connectivity index (χ4v) is 8.73. The van der Waals surface area contributed by atoms with Gasteiger partial charge in [-0.1, -0.05) is 11.8 Å². The summed E-state index contributed by atoms with van der Waals surface area (Å²) in [5.74, 6) is 7.00. The topological polar surface area (TPSA) is 0 Å². The number of thioether (sulfide) groups is 3. The third kappa shape index (κ3) is 5.08. The van der Waals surface area contributed by atoms with Gasteiger partial charge in [0.2, 0.25) is 0 Å². The van der Waals surface area contributed by atoms with Crippen molar-refractivity contribution in [2.75, 3.05) is 34.5 Å². The van der Waals surface area contributed by atoms with Gasteiger partial charge in [0.1, 0.15) is 10.3 Å². The average Bonchev–Trinajstić information content (AvgIpc) is 2.66. The highest BCUT2D eigenvalue weighted by molar-refractivity contribution is 8.22.